The summed E-state index contributed by atoms with van der Waals surface area (Å²) >= 11 is 0. The first-order chi connectivity index (χ1) is 15.3. The third-order valence-electron chi connectivity index (χ3n) is 6.07. The lowest BCUT2D eigenvalue weighted by atomic mass is 10.0. The predicted molar refractivity (Wildman–Crippen MR) is 125 cm³/mol. The van der Waals surface area contributed by atoms with E-state index in [1.807, 2.05) is 24.4 Å². The number of benzene rings is 2. The Hall–Kier alpha value is -3.87. The molecule has 0 aliphatic carbocycles. The first-order valence-electron chi connectivity index (χ1n) is 10.7. The van der Waals surface area contributed by atoms with E-state index in [4.69, 9.17) is 10.7 Å². The predicted octanol–water partition coefficient (Wildman–Crippen LogP) is 4.74. The number of H-pyrrole nitrogens is 2. The summed E-state index contributed by atoms with van der Waals surface area (Å²) in [6, 6.07) is 14.5. The van der Waals surface area contributed by atoms with Crippen LogP contribution in [0.4, 0.5) is 11.4 Å². The van der Waals surface area contributed by atoms with Gasteiger partial charge in [0.1, 0.15) is 11.2 Å². The molecule has 0 atom stereocenters. The molecular formula is C24H23N7. The maximum Gasteiger partial charge on any atom is 0.159 e. The molecule has 7 nitrogen and oxygen atoms in total. The summed E-state index contributed by atoms with van der Waals surface area (Å²) in [5.74, 6) is 0.772. The fraction of sp³-hybridized carbons (Fsp3) is 0.208. The fourth-order valence-corrected chi connectivity index (χ4v) is 4.51. The highest BCUT2D eigenvalue weighted by Crippen LogP contribution is 2.33. The zero-order valence-corrected chi connectivity index (χ0v) is 17.1. The van der Waals surface area contributed by atoms with Crippen molar-refractivity contribution >= 4 is 33.3 Å². The van der Waals surface area contributed by atoms with E-state index >= 15 is 0 Å². The van der Waals surface area contributed by atoms with Crippen LogP contribution in [0.1, 0.15) is 19.3 Å². The molecule has 1 aliphatic heterocycles. The number of aromatic amines is 2. The number of imidazole rings is 1. The van der Waals surface area contributed by atoms with E-state index in [1.165, 1.54) is 24.9 Å². The maximum atomic E-state index is 5.93. The van der Waals surface area contributed by atoms with Crippen LogP contribution in [-0.4, -0.2) is 38.2 Å². The van der Waals surface area contributed by atoms with Gasteiger partial charge in [-0.05, 0) is 55.2 Å². The van der Waals surface area contributed by atoms with Crippen molar-refractivity contribution in [2.45, 2.75) is 19.3 Å². The lowest BCUT2D eigenvalue weighted by Gasteiger charge is -2.28. The van der Waals surface area contributed by atoms with E-state index in [9.17, 15) is 0 Å². The molecule has 0 radical (unpaired) electrons. The molecule has 154 valence electrons. The molecule has 6 rings (SSSR count). The third kappa shape index (κ3) is 3.09. The standard InChI is InChI=1S/C24H23N7/c25-17-11-16(13-26-14-17)15-7-8-19-18(12-15)22(30-29-19)24-27-20-5-4-6-21(23(20)28-24)31-9-2-1-3-10-31/h4-8,11-14H,1-3,9-10,25H2,(H,27,28)(H,29,30). The van der Waals surface area contributed by atoms with Gasteiger partial charge in [0, 0.05) is 36.4 Å². The average Bonchev–Trinajstić information content (AvgIpc) is 3.43. The minimum Gasteiger partial charge on any atom is -0.397 e. The second-order valence-corrected chi connectivity index (χ2v) is 8.15. The van der Waals surface area contributed by atoms with Crippen LogP contribution in [-0.2, 0) is 0 Å². The summed E-state index contributed by atoms with van der Waals surface area (Å²) in [6.45, 7) is 2.18. The molecule has 1 aliphatic rings. The number of pyridine rings is 1. The number of fused-ring (bicyclic) bond motifs is 2. The highest BCUT2D eigenvalue weighted by molar-refractivity contribution is 5.97. The number of hydrogen-bond acceptors (Lipinski definition) is 5. The molecule has 1 saturated heterocycles. The SMILES string of the molecule is Nc1cncc(-c2ccc3[nH]nc(-c4nc5c(N6CCCCC6)cccc5[nH]4)c3c2)c1. The van der Waals surface area contributed by atoms with Crippen molar-refractivity contribution < 1.29 is 0 Å². The minimum atomic E-state index is 0.646. The summed E-state index contributed by atoms with van der Waals surface area (Å²) in [6.07, 6.45) is 7.25. The molecule has 31 heavy (non-hydrogen) atoms. The summed E-state index contributed by atoms with van der Waals surface area (Å²) in [5, 5.41) is 8.73. The largest absolute Gasteiger partial charge is 0.397 e. The van der Waals surface area contributed by atoms with E-state index in [-0.39, 0.29) is 0 Å². The quantitative estimate of drug-likeness (QED) is 0.400. The molecule has 0 bridgehead atoms. The summed E-state index contributed by atoms with van der Waals surface area (Å²) in [5.41, 5.74) is 13.6. The van der Waals surface area contributed by atoms with Gasteiger partial charge in [0.2, 0.25) is 0 Å². The van der Waals surface area contributed by atoms with Crippen LogP contribution in [0.15, 0.2) is 54.9 Å². The van der Waals surface area contributed by atoms with E-state index < -0.39 is 0 Å². The van der Waals surface area contributed by atoms with Crippen molar-refractivity contribution in [3.8, 4) is 22.6 Å². The second-order valence-electron chi connectivity index (χ2n) is 8.15. The number of nitrogens with zero attached hydrogens (tertiary/aromatic N) is 4. The number of aromatic nitrogens is 5. The van der Waals surface area contributed by atoms with Gasteiger partial charge in [-0.1, -0.05) is 12.1 Å². The number of para-hydroxylation sites is 1. The number of nitrogens with one attached hydrogen (secondary N) is 2. The van der Waals surface area contributed by atoms with Crippen LogP contribution in [0.25, 0.3) is 44.6 Å². The van der Waals surface area contributed by atoms with Gasteiger partial charge in [-0.3, -0.25) is 10.1 Å². The van der Waals surface area contributed by atoms with Gasteiger partial charge < -0.3 is 15.6 Å². The average molecular weight is 409 g/mol. The number of anilines is 2. The van der Waals surface area contributed by atoms with Gasteiger partial charge in [-0.15, -0.1) is 0 Å². The van der Waals surface area contributed by atoms with Crippen molar-refractivity contribution in [2.24, 2.45) is 0 Å². The Morgan fingerprint density at radius 1 is 0.903 bits per heavy atom. The van der Waals surface area contributed by atoms with Crippen molar-refractivity contribution in [1.29, 1.82) is 0 Å². The maximum absolute atomic E-state index is 5.93. The van der Waals surface area contributed by atoms with Crippen LogP contribution < -0.4 is 10.6 Å². The first kappa shape index (κ1) is 17.9. The van der Waals surface area contributed by atoms with Crippen LogP contribution in [0.2, 0.25) is 0 Å². The molecule has 0 unspecified atom stereocenters. The zero-order chi connectivity index (χ0) is 20.8. The highest BCUT2D eigenvalue weighted by Gasteiger charge is 2.18. The molecule has 5 aromatic rings. The molecule has 4 N–H and O–H groups in total. The lowest BCUT2D eigenvalue weighted by Crippen LogP contribution is -2.29. The number of nitrogen functional groups attached to an aromatic ring is 1. The molecule has 7 heteroatoms. The van der Waals surface area contributed by atoms with E-state index in [2.05, 4.69) is 49.3 Å². The summed E-state index contributed by atoms with van der Waals surface area (Å²) in [4.78, 5) is 15.1. The van der Waals surface area contributed by atoms with Crippen LogP contribution in [0.5, 0.6) is 0 Å². The number of nitrogens with two attached hydrogens (primary N) is 1. The molecule has 0 amide bonds. The molecule has 0 saturated carbocycles. The molecular weight excluding hydrogens is 386 g/mol. The third-order valence-corrected chi connectivity index (χ3v) is 6.07. The van der Waals surface area contributed by atoms with Gasteiger partial charge in [0.15, 0.2) is 5.82 Å². The van der Waals surface area contributed by atoms with E-state index in [0.717, 1.165) is 57.7 Å². The van der Waals surface area contributed by atoms with Crippen LogP contribution >= 0.6 is 0 Å². The number of piperidine rings is 1. The molecule has 1 fully saturated rings. The normalized spacial score (nSPS) is 14.5. The van der Waals surface area contributed by atoms with Gasteiger partial charge >= 0.3 is 0 Å². The Bertz CT molecular complexity index is 1390. The first-order valence-corrected chi connectivity index (χ1v) is 10.7. The zero-order valence-electron chi connectivity index (χ0n) is 17.1. The Morgan fingerprint density at radius 3 is 2.68 bits per heavy atom. The smallest absolute Gasteiger partial charge is 0.159 e. The topological polar surface area (TPSA) is 99.5 Å². The Labute approximate surface area is 179 Å². The monoisotopic (exact) mass is 409 g/mol. The molecule has 2 aromatic carbocycles. The Morgan fingerprint density at radius 2 is 1.81 bits per heavy atom. The Balaban J connectivity index is 1.46. The van der Waals surface area contributed by atoms with Crippen molar-refractivity contribution in [3.63, 3.8) is 0 Å². The van der Waals surface area contributed by atoms with E-state index in [0.29, 0.717) is 5.69 Å². The van der Waals surface area contributed by atoms with Gasteiger partial charge in [0.25, 0.3) is 0 Å². The summed E-state index contributed by atoms with van der Waals surface area (Å²) in [7, 11) is 0. The number of hydrogen-bond donors (Lipinski definition) is 3. The van der Waals surface area contributed by atoms with Crippen molar-refractivity contribution in [3.05, 3.63) is 54.9 Å². The van der Waals surface area contributed by atoms with Crippen LogP contribution in [0, 0.1) is 0 Å². The van der Waals surface area contributed by atoms with Gasteiger partial charge in [-0.2, -0.15) is 5.10 Å². The summed E-state index contributed by atoms with van der Waals surface area (Å²) < 4.78 is 0. The molecule has 3 aromatic heterocycles. The number of rotatable bonds is 3. The van der Waals surface area contributed by atoms with Crippen molar-refractivity contribution in [2.75, 3.05) is 23.7 Å². The second kappa shape index (κ2) is 7.12. The minimum absolute atomic E-state index is 0.646. The lowest BCUT2D eigenvalue weighted by molar-refractivity contribution is 0.579. The van der Waals surface area contributed by atoms with Crippen molar-refractivity contribution in [1.82, 2.24) is 25.1 Å². The Kier molecular flexibility index (Phi) is 4.12. The van der Waals surface area contributed by atoms with Crippen LogP contribution in [0.3, 0.4) is 0 Å². The molecule has 0 spiro atoms. The van der Waals surface area contributed by atoms with E-state index in [1.54, 1.807) is 6.20 Å². The van der Waals surface area contributed by atoms with Gasteiger partial charge in [0.05, 0.1) is 22.4 Å². The fourth-order valence-electron chi connectivity index (χ4n) is 4.51. The van der Waals surface area contributed by atoms with Gasteiger partial charge in [-0.25, -0.2) is 4.98 Å². The molecule has 4 heterocycles. The highest BCUT2D eigenvalue weighted by atomic mass is 15.2.